The Morgan fingerprint density at radius 1 is 1.30 bits per heavy atom. The minimum atomic E-state index is -1.04. The average Bonchev–Trinajstić information content (AvgIpc) is 2.82. The topological polar surface area (TPSA) is 66.4 Å². The third kappa shape index (κ3) is 3.08. The molecule has 0 bridgehead atoms. The van der Waals surface area contributed by atoms with Crippen LogP contribution in [0, 0.1) is 0 Å². The average molecular weight is 354 g/mol. The monoisotopic (exact) mass is 353 g/mol. The summed E-state index contributed by atoms with van der Waals surface area (Å²) in [7, 11) is 0. The Bertz CT molecular complexity index is 666. The second-order valence-electron chi connectivity index (χ2n) is 4.05. The summed E-state index contributed by atoms with van der Waals surface area (Å²) in [5, 5.41) is 12.2. The SMILES string of the molecule is CCc1cc(C(=O)O)c(NC(=O)c2ccccc2Br)s1. The van der Waals surface area contributed by atoms with Gasteiger partial charge >= 0.3 is 5.97 Å². The first-order valence-electron chi connectivity index (χ1n) is 5.94. The normalized spacial score (nSPS) is 10.3. The van der Waals surface area contributed by atoms with E-state index in [9.17, 15) is 9.59 Å². The minimum Gasteiger partial charge on any atom is -0.478 e. The summed E-state index contributed by atoms with van der Waals surface area (Å²) >= 11 is 4.59. The van der Waals surface area contributed by atoms with Gasteiger partial charge in [-0.1, -0.05) is 19.1 Å². The van der Waals surface area contributed by atoms with Crippen LogP contribution in [-0.4, -0.2) is 17.0 Å². The molecule has 2 rings (SSSR count). The summed E-state index contributed by atoms with van der Waals surface area (Å²) in [6.07, 6.45) is 0.732. The Kier molecular flexibility index (Phi) is 4.57. The fraction of sp³-hybridized carbons (Fsp3) is 0.143. The molecule has 0 saturated carbocycles. The van der Waals surface area contributed by atoms with Crippen molar-refractivity contribution in [1.82, 2.24) is 0 Å². The second kappa shape index (κ2) is 6.19. The molecule has 1 aromatic heterocycles. The molecule has 0 unspecified atom stereocenters. The molecule has 104 valence electrons. The van der Waals surface area contributed by atoms with Crippen LogP contribution in [0.15, 0.2) is 34.8 Å². The lowest BCUT2D eigenvalue weighted by Gasteiger charge is -2.05. The number of aromatic carboxylic acids is 1. The standard InChI is InChI=1S/C14H12BrNO3S/c1-2-8-7-10(14(18)19)13(20-8)16-12(17)9-5-3-4-6-11(9)15/h3-7H,2H2,1H3,(H,16,17)(H,18,19). The highest BCUT2D eigenvalue weighted by Crippen LogP contribution is 2.29. The van der Waals surface area contributed by atoms with Crippen LogP contribution in [0.1, 0.15) is 32.5 Å². The first kappa shape index (κ1) is 14.7. The molecule has 0 aliphatic carbocycles. The molecule has 2 N–H and O–H groups in total. The molecule has 4 nitrogen and oxygen atoms in total. The number of rotatable bonds is 4. The number of carbonyl (C=O) groups is 2. The molecule has 1 heterocycles. The van der Waals surface area contributed by atoms with E-state index in [0.29, 0.717) is 15.0 Å². The van der Waals surface area contributed by atoms with Crippen molar-refractivity contribution in [2.24, 2.45) is 0 Å². The van der Waals surface area contributed by atoms with Gasteiger partial charge in [-0.05, 0) is 40.5 Å². The number of nitrogens with one attached hydrogen (secondary N) is 1. The number of benzene rings is 1. The van der Waals surface area contributed by atoms with E-state index in [1.165, 1.54) is 11.3 Å². The number of amides is 1. The molecule has 0 saturated heterocycles. The van der Waals surface area contributed by atoms with Gasteiger partial charge in [0.25, 0.3) is 5.91 Å². The highest BCUT2D eigenvalue weighted by atomic mass is 79.9. The third-order valence-corrected chi connectivity index (χ3v) is 4.59. The van der Waals surface area contributed by atoms with Gasteiger partial charge in [0.1, 0.15) is 5.00 Å². The van der Waals surface area contributed by atoms with Crippen LogP contribution in [0.25, 0.3) is 0 Å². The predicted octanol–water partition coefficient (Wildman–Crippen LogP) is 4.02. The zero-order valence-electron chi connectivity index (χ0n) is 10.6. The molecule has 0 aliphatic rings. The highest BCUT2D eigenvalue weighted by molar-refractivity contribution is 9.10. The Hall–Kier alpha value is -1.66. The molecule has 1 amide bonds. The van der Waals surface area contributed by atoms with Crippen LogP contribution in [0.4, 0.5) is 5.00 Å². The van der Waals surface area contributed by atoms with Crippen molar-refractivity contribution in [3.05, 3.63) is 50.8 Å². The Morgan fingerprint density at radius 3 is 2.60 bits per heavy atom. The number of carboxylic acids is 1. The number of carboxylic acid groups (broad SMARTS) is 1. The van der Waals surface area contributed by atoms with Gasteiger partial charge in [0.05, 0.1) is 11.1 Å². The van der Waals surface area contributed by atoms with E-state index < -0.39 is 5.97 Å². The smallest absolute Gasteiger partial charge is 0.338 e. The maximum atomic E-state index is 12.2. The fourth-order valence-corrected chi connectivity index (χ4v) is 3.13. The number of anilines is 1. The first-order chi connectivity index (χ1) is 9.52. The van der Waals surface area contributed by atoms with E-state index in [2.05, 4.69) is 21.2 Å². The van der Waals surface area contributed by atoms with Crippen LogP contribution in [0.3, 0.4) is 0 Å². The molecule has 2 aromatic rings. The van der Waals surface area contributed by atoms with E-state index in [0.717, 1.165) is 11.3 Å². The van der Waals surface area contributed by atoms with Crippen molar-refractivity contribution in [2.45, 2.75) is 13.3 Å². The molecule has 20 heavy (non-hydrogen) atoms. The van der Waals surface area contributed by atoms with E-state index in [4.69, 9.17) is 5.11 Å². The number of thiophene rings is 1. The molecule has 1 aromatic carbocycles. The van der Waals surface area contributed by atoms with Gasteiger partial charge in [-0.25, -0.2) is 4.79 Å². The van der Waals surface area contributed by atoms with Gasteiger partial charge in [0, 0.05) is 9.35 Å². The number of aryl methyl sites for hydroxylation is 1. The van der Waals surface area contributed by atoms with Gasteiger partial charge in [-0.2, -0.15) is 0 Å². The third-order valence-electron chi connectivity index (χ3n) is 2.71. The van der Waals surface area contributed by atoms with Crippen LogP contribution in [0.5, 0.6) is 0 Å². The summed E-state index contributed by atoms with van der Waals surface area (Å²) in [6.45, 7) is 1.94. The summed E-state index contributed by atoms with van der Waals surface area (Å²) in [4.78, 5) is 24.3. The second-order valence-corrected chi connectivity index (χ2v) is 6.04. The largest absolute Gasteiger partial charge is 0.478 e. The molecule has 0 atom stereocenters. The number of halogens is 1. The van der Waals surface area contributed by atoms with Crippen LogP contribution >= 0.6 is 27.3 Å². The lowest BCUT2D eigenvalue weighted by Crippen LogP contribution is -2.13. The van der Waals surface area contributed by atoms with Gasteiger partial charge in [0.15, 0.2) is 0 Å². The lowest BCUT2D eigenvalue weighted by atomic mass is 10.2. The van der Waals surface area contributed by atoms with E-state index in [-0.39, 0.29) is 11.5 Å². The maximum absolute atomic E-state index is 12.2. The van der Waals surface area contributed by atoms with Crippen LogP contribution in [-0.2, 0) is 6.42 Å². The minimum absolute atomic E-state index is 0.132. The zero-order valence-corrected chi connectivity index (χ0v) is 13.0. The molecule has 0 aliphatic heterocycles. The van der Waals surface area contributed by atoms with Crippen LogP contribution in [0.2, 0.25) is 0 Å². The molecule has 0 fully saturated rings. The van der Waals surface area contributed by atoms with E-state index in [1.54, 1.807) is 24.3 Å². The summed E-state index contributed by atoms with van der Waals surface area (Å²) in [5.41, 5.74) is 0.600. The molecular formula is C14H12BrNO3S. The van der Waals surface area contributed by atoms with Crippen molar-refractivity contribution >= 4 is 44.1 Å². The van der Waals surface area contributed by atoms with Gasteiger partial charge in [0.2, 0.25) is 0 Å². The molecule has 6 heteroatoms. The van der Waals surface area contributed by atoms with Crippen molar-refractivity contribution < 1.29 is 14.7 Å². The maximum Gasteiger partial charge on any atom is 0.338 e. The highest BCUT2D eigenvalue weighted by Gasteiger charge is 2.18. The number of carbonyl (C=O) groups excluding carboxylic acids is 1. The van der Waals surface area contributed by atoms with Crippen molar-refractivity contribution in [2.75, 3.05) is 5.32 Å². The summed E-state index contributed by atoms with van der Waals surface area (Å²) in [5.74, 6) is -1.37. The van der Waals surface area contributed by atoms with Gasteiger partial charge < -0.3 is 10.4 Å². The Morgan fingerprint density at radius 2 is 2.00 bits per heavy atom. The molecular weight excluding hydrogens is 342 g/mol. The molecule has 0 spiro atoms. The zero-order chi connectivity index (χ0) is 14.7. The van der Waals surface area contributed by atoms with Crippen molar-refractivity contribution in [3.63, 3.8) is 0 Å². The van der Waals surface area contributed by atoms with E-state index in [1.807, 2.05) is 13.0 Å². The Balaban J connectivity index is 2.30. The summed E-state index contributed by atoms with van der Waals surface area (Å²) in [6, 6.07) is 8.60. The summed E-state index contributed by atoms with van der Waals surface area (Å²) < 4.78 is 0.668. The van der Waals surface area contributed by atoms with Gasteiger partial charge in [-0.15, -0.1) is 11.3 Å². The lowest BCUT2D eigenvalue weighted by molar-refractivity contribution is 0.0698. The van der Waals surface area contributed by atoms with Crippen molar-refractivity contribution in [1.29, 1.82) is 0 Å². The number of hydrogen-bond donors (Lipinski definition) is 2. The quantitative estimate of drug-likeness (QED) is 0.871. The Labute approximate surface area is 128 Å². The number of hydrogen-bond acceptors (Lipinski definition) is 3. The predicted molar refractivity (Wildman–Crippen MR) is 82.8 cm³/mol. The fourth-order valence-electron chi connectivity index (χ4n) is 1.68. The molecule has 0 radical (unpaired) electrons. The van der Waals surface area contributed by atoms with Crippen molar-refractivity contribution in [3.8, 4) is 0 Å². The van der Waals surface area contributed by atoms with Crippen LogP contribution < -0.4 is 5.32 Å². The van der Waals surface area contributed by atoms with E-state index >= 15 is 0 Å². The van der Waals surface area contributed by atoms with Gasteiger partial charge in [-0.3, -0.25) is 4.79 Å². The first-order valence-corrected chi connectivity index (χ1v) is 7.55.